The van der Waals surface area contributed by atoms with Gasteiger partial charge in [-0.2, -0.15) is 4.31 Å². The molecule has 2 aliphatic heterocycles. The number of amides is 2. The van der Waals surface area contributed by atoms with Crippen LogP contribution in [0.4, 0.5) is 5.00 Å². The van der Waals surface area contributed by atoms with Crippen LogP contribution in [0.3, 0.4) is 0 Å². The number of anilines is 1. The van der Waals surface area contributed by atoms with E-state index >= 15 is 0 Å². The Hall–Kier alpha value is -3.05. The molecule has 8 nitrogen and oxygen atoms in total. The van der Waals surface area contributed by atoms with E-state index < -0.39 is 10.0 Å². The minimum atomic E-state index is -3.66. The Balaban J connectivity index is 1.36. The quantitative estimate of drug-likeness (QED) is 0.235. The van der Waals surface area contributed by atoms with E-state index in [1.54, 1.807) is 16.4 Å². The van der Waals surface area contributed by atoms with E-state index in [-0.39, 0.29) is 16.7 Å². The summed E-state index contributed by atoms with van der Waals surface area (Å²) in [5, 5.41) is 3.63. The number of fused-ring (bicyclic) bond motifs is 1. The second kappa shape index (κ2) is 14.8. The highest BCUT2D eigenvalue weighted by atomic mass is 32.2. The van der Waals surface area contributed by atoms with Crippen molar-refractivity contribution in [2.75, 3.05) is 38.0 Å². The molecule has 10 heteroatoms. The SMILES string of the molecule is CCCCN(CCCC)S(=O)(=O)c1ccc(C(=O)Nc2sc3c(c2C(=O)N2CCCC2)CCN(Cc2ccccc2)C3)cc1. The molecule has 0 unspecified atom stereocenters. The van der Waals surface area contributed by atoms with Crippen molar-refractivity contribution in [1.82, 2.24) is 14.1 Å². The Morgan fingerprint density at radius 3 is 2.20 bits per heavy atom. The van der Waals surface area contributed by atoms with Gasteiger partial charge in [0.15, 0.2) is 0 Å². The Morgan fingerprint density at radius 1 is 0.909 bits per heavy atom. The number of likely N-dealkylation sites (tertiary alicyclic amines) is 1. The molecule has 3 aromatic rings. The molecule has 1 N–H and O–H groups in total. The monoisotopic (exact) mass is 636 g/mol. The second-order valence-corrected chi connectivity index (χ2v) is 14.8. The molecule has 3 heterocycles. The van der Waals surface area contributed by atoms with Crippen molar-refractivity contribution >= 4 is 38.2 Å². The highest BCUT2D eigenvalue weighted by molar-refractivity contribution is 7.89. The van der Waals surface area contributed by atoms with E-state index in [1.165, 1.54) is 29.0 Å². The predicted molar refractivity (Wildman–Crippen MR) is 177 cm³/mol. The van der Waals surface area contributed by atoms with Gasteiger partial charge in [-0.1, -0.05) is 57.0 Å². The van der Waals surface area contributed by atoms with Crippen LogP contribution in [0, 0.1) is 0 Å². The summed E-state index contributed by atoms with van der Waals surface area (Å²) >= 11 is 1.49. The fourth-order valence-electron chi connectivity index (χ4n) is 5.95. The highest BCUT2D eigenvalue weighted by Crippen LogP contribution is 2.39. The van der Waals surface area contributed by atoms with E-state index in [9.17, 15) is 18.0 Å². The van der Waals surface area contributed by atoms with Gasteiger partial charge in [-0.15, -0.1) is 11.3 Å². The van der Waals surface area contributed by atoms with Crippen molar-refractivity contribution in [2.24, 2.45) is 0 Å². The van der Waals surface area contributed by atoms with Gasteiger partial charge < -0.3 is 10.2 Å². The van der Waals surface area contributed by atoms with Crippen molar-refractivity contribution in [3.05, 3.63) is 81.7 Å². The van der Waals surface area contributed by atoms with Gasteiger partial charge >= 0.3 is 0 Å². The normalized spacial score (nSPS) is 15.5. The molecule has 0 spiro atoms. The third-order valence-electron chi connectivity index (χ3n) is 8.50. The summed E-state index contributed by atoms with van der Waals surface area (Å²) in [5.41, 5.74) is 3.28. The number of nitrogens with one attached hydrogen (secondary N) is 1. The van der Waals surface area contributed by atoms with Crippen LogP contribution >= 0.6 is 11.3 Å². The minimum Gasteiger partial charge on any atom is -0.339 e. The Labute approximate surface area is 266 Å². The number of rotatable bonds is 13. The first-order valence-electron chi connectivity index (χ1n) is 15.9. The van der Waals surface area contributed by atoms with E-state index in [2.05, 4.69) is 22.3 Å². The molecule has 1 fully saturated rings. The smallest absolute Gasteiger partial charge is 0.257 e. The summed E-state index contributed by atoms with van der Waals surface area (Å²) in [7, 11) is -3.66. The number of benzene rings is 2. The molecule has 2 aromatic carbocycles. The fourth-order valence-corrected chi connectivity index (χ4v) is 8.74. The first kappa shape index (κ1) is 32.3. The molecular formula is C34H44N4O4S2. The number of thiophene rings is 1. The molecule has 0 bridgehead atoms. The van der Waals surface area contributed by atoms with Gasteiger partial charge in [0, 0.05) is 56.3 Å². The molecule has 0 aliphatic carbocycles. The largest absolute Gasteiger partial charge is 0.339 e. The van der Waals surface area contributed by atoms with Crippen LogP contribution < -0.4 is 5.32 Å². The Bertz CT molecular complexity index is 1520. The molecule has 0 saturated carbocycles. The number of nitrogens with zero attached hydrogens (tertiary/aromatic N) is 3. The van der Waals surface area contributed by atoms with Gasteiger partial charge in [-0.05, 0) is 67.5 Å². The second-order valence-electron chi connectivity index (χ2n) is 11.7. The molecule has 2 amide bonds. The zero-order valence-electron chi connectivity index (χ0n) is 25.9. The molecule has 5 rings (SSSR count). The van der Waals surface area contributed by atoms with E-state index in [4.69, 9.17) is 0 Å². The summed E-state index contributed by atoms with van der Waals surface area (Å²) in [6.07, 6.45) is 6.17. The van der Waals surface area contributed by atoms with Crippen LogP contribution in [0.25, 0.3) is 0 Å². The number of carbonyl (C=O) groups excluding carboxylic acids is 2. The fraction of sp³-hybridized carbons (Fsp3) is 0.471. The van der Waals surface area contributed by atoms with Gasteiger partial charge in [0.05, 0.1) is 10.5 Å². The first-order valence-corrected chi connectivity index (χ1v) is 18.2. The van der Waals surface area contributed by atoms with Crippen LogP contribution in [0.1, 0.15) is 89.1 Å². The number of carbonyl (C=O) groups is 2. The molecule has 0 atom stereocenters. The van der Waals surface area contributed by atoms with Crippen LogP contribution in [0.2, 0.25) is 0 Å². The number of sulfonamides is 1. The lowest BCUT2D eigenvalue weighted by Crippen LogP contribution is -2.33. The zero-order chi connectivity index (χ0) is 31.1. The average molecular weight is 637 g/mol. The predicted octanol–water partition coefficient (Wildman–Crippen LogP) is 6.39. The maximum atomic E-state index is 13.8. The molecular weight excluding hydrogens is 593 g/mol. The molecule has 1 saturated heterocycles. The zero-order valence-corrected chi connectivity index (χ0v) is 27.5. The van der Waals surface area contributed by atoms with Crippen molar-refractivity contribution in [3.8, 4) is 0 Å². The van der Waals surface area contributed by atoms with E-state index in [0.29, 0.717) is 29.2 Å². The lowest BCUT2D eigenvalue weighted by atomic mass is 10.0. The number of hydrogen-bond acceptors (Lipinski definition) is 6. The molecule has 1 aromatic heterocycles. The van der Waals surface area contributed by atoms with Crippen LogP contribution in [-0.4, -0.2) is 67.1 Å². The summed E-state index contributed by atoms with van der Waals surface area (Å²) < 4.78 is 28.4. The van der Waals surface area contributed by atoms with Gasteiger partial charge in [-0.25, -0.2) is 8.42 Å². The van der Waals surface area contributed by atoms with Gasteiger partial charge in [0.25, 0.3) is 11.8 Å². The van der Waals surface area contributed by atoms with E-state index in [0.717, 1.165) is 88.1 Å². The first-order chi connectivity index (χ1) is 21.3. The highest BCUT2D eigenvalue weighted by Gasteiger charge is 2.32. The van der Waals surface area contributed by atoms with Crippen LogP contribution in [0.15, 0.2) is 59.5 Å². The maximum Gasteiger partial charge on any atom is 0.257 e. The average Bonchev–Trinajstić information content (AvgIpc) is 3.69. The maximum absolute atomic E-state index is 13.8. The van der Waals surface area contributed by atoms with Crippen molar-refractivity contribution in [3.63, 3.8) is 0 Å². The Kier molecular flexibility index (Phi) is 10.9. The van der Waals surface area contributed by atoms with Gasteiger partial charge in [-0.3, -0.25) is 14.5 Å². The topological polar surface area (TPSA) is 90.0 Å². The number of hydrogen-bond donors (Lipinski definition) is 1. The summed E-state index contributed by atoms with van der Waals surface area (Å²) in [6, 6.07) is 16.5. The van der Waals surface area contributed by atoms with Crippen molar-refractivity contribution < 1.29 is 18.0 Å². The third-order valence-corrected chi connectivity index (χ3v) is 11.5. The standard InChI is InChI=1S/C34H44N4O4S2/c1-3-5-21-38(22-6-4-2)44(41,42)28-16-14-27(15-17-28)32(39)35-33-31(34(40)37-19-10-11-20-37)29-18-23-36(25-30(29)43-33)24-26-12-8-7-9-13-26/h7-9,12-17H,3-6,10-11,18-25H2,1-2H3,(H,35,39). The molecule has 44 heavy (non-hydrogen) atoms. The van der Waals surface area contributed by atoms with Crippen LogP contribution in [0.5, 0.6) is 0 Å². The lowest BCUT2D eigenvalue weighted by Gasteiger charge is -2.27. The summed E-state index contributed by atoms with van der Waals surface area (Å²) in [6.45, 7) is 8.95. The molecule has 2 aliphatic rings. The summed E-state index contributed by atoms with van der Waals surface area (Å²) in [4.78, 5) is 32.9. The summed E-state index contributed by atoms with van der Waals surface area (Å²) in [5.74, 6) is -0.356. The van der Waals surface area contributed by atoms with Gasteiger partial charge in [0.2, 0.25) is 10.0 Å². The van der Waals surface area contributed by atoms with Crippen molar-refractivity contribution in [2.45, 2.75) is 76.8 Å². The number of unbranched alkanes of at least 4 members (excludes halogenated alkanes) is 2. The minimum absolute atomic E-state index is 0.00694. The molecule has 236 valence electrons. The van der Waals surface area contributed by atoms with Gasteiger partial charge in [0.1, 0.15) is 5.00 Å². The van der Waals surface area contributed by atoms with E-state index in [1.807, 2.05) is 36.9 Å². The van der Waals surface area contributed by atoms with Crippen LogP contribution in [-0.2, 0) is 29.5 Å². The lowest BCUT2D eigenvalue weighted by molar-refractivity contribution is 0.0792. The molecule has 0 radical (unpaired) electrons. The third kappa shape index (κ3) is 7.42. The van der Waals surface area contributed by atoms with Crippen molar-refractivity contribution in [1.29, 1.82) is 0 Å². The Morgan fingerprint density at radius 2 is 1.57 bits per heavy atom.